The maximum atomic E-state index is 6.06. The molecule has 134 valence electrons. The van der Waals surface area contributed by atoms with Gasteiger partial charge in [0.2, 0.25) is 0 Å². The molecule has 4 rings (SSSR count). The molecule has 2 aromatic heterocycles. The van der Waals surface area contributed by atoms with Gasteiger partial charge in [-0.05, 0) is 55.7 Å². The first-order valence-electron chi connectivity index (χ1n) is 8.67. The molecule has 26 heavy (non-hydrogen) atoms. The maximum absolute atomic E-state index is 6.06. The van der Waals surface area contributed by atoms with E-state index < -0.39 is 0 Å². The van der Waals surface area contributed by atoms with Crippen molar-refractivity contribution in [1.29, 1.82) is 0 Å². The van der Waals surface area contributed by atoms with Crippen LogP contribution in [0.25, 0.3) is 17.1 Å². The lowest BCUT2D eigenvalue weighted by atomic mass is 10.1. The van der Waals surface area contributed by atoms with Gasteiger partial charge < -0.3 is 4.74 Å². The summed E-state index contributed by atoms with van der Waals surface area (Å²) in [6.07, 6.45) is 7.34. The highest BCUT2D eigenvalue weighted by molar-refractivity contribution is 7.99. The van der Waals surface area contributed by atoms with Gasteiger partial charge >= 0.3 is 0 Å². The maximum Gasteiger partial charge on any atom is 0.196 e. The van der Waals surface area contributed by atoms with Gasteiger partial charge in [0, 0.05) is 41.0 Å². The van der Waals surface area contributed by atoms with E-state index in [2.05, 4.69) is 19.7 Å². The smallest absolute Gasteiger partial charge is 0.196 e. The van der Waals surface area contributed by atoms with Crippen LogP contribution in [0, 0.1) is 0 Å². The molecule has 1 aromatic carbocycles. The molecule has 0 bridgehead atoms. The van der Waals surface area contributed by atoms with E-state index in [1.54, 1.807) is 24.2 Å². The SMILES string of the molecule is Clc1ccc(-n2c(SCC3CCCCO3)nnc2-c2cccnc2)cc1. The van der Waals surface area contributed by atoms with Gasteiger partial charge in [0.25, 0.3) is 0 Å². The van der Waals surface area contributed by atoms with Crippen LogP contribution in [0.5, 0.6) is 0 Å². The Hall–Kier alpha value is -1.89. The lowest BCUT2D eigenvalue weighted by Gasteiger charge is -2.22. The number of nitrogens with zero attached hydrogens (tertiary/aromatic N) is 4. The molecule has 1 aliphatic heterocycles. The minimum absolute atomic E-state index is 0.283. The number of aromatic nitrogens is 4. The van der Waals surface area contributed by atoms with Gasteiger partial charge in [0.1, 0.15) is 0 Å². The molecule has 0 spiro atoms. The molecule has 5 nitrogen and oxygen atoms in total. The lowest BCUT2D eigenvalue weighted by molar-refractivity contribution is 0.0315. The van der Waals surface area contributed by atoms with E-state index in [9.17, 15) is 0 Å². The number of pyridine rings is 1. The summed E-state index contributed by atoms with van der Waals surface area (Å²) in [5.74, 6) is 1.64. The van der Waals surface area contributed by atoms with E-state index in [0.29, 0.717) is 5.02 Å². The molecule has 1 aliphatic rings. The Bertz CT molecular complexity index is 848. The number of benzene rings is 1. The molecular formula is C19H19ClN4OS. The van der Waals surface area contributed by atoms with E-state index in [1.165, 1.54) is 6.42 Å². The van der Waals surface area contributed by atoms with Crippen molar-refractivity contribution in [3.8, 4) is 17.1 Å². The Morgan fingerprint density at radius 2 is 2.04 bits per heavy atom. The second-order valence-electron chi connectivity index (χ2n) is 6.16. The van der Waals surface area contributed by atoms with Crippen molar-refractivity contribution < 1.29 is 4.74 Å². The fraction of sp³-hybridized carbons (Fsp3) is 0.316. The average Bonchev–Trinajstić information content (AvgIpc) is 3.12. The van der Waals surface area contributed by atoms with Crippen molar-refractivity contribution in [2.75, 3.05) is 12.4 Å². The summed E-state index contributed by atoms with van der Waals surface area (Å²) in [5.41, 5.74) is 1.90. The lowest BCUT2D eigenvalue weighted by Crippen LogP contribution is -2.21. The molecule has 0 aliphatic carbocycles. The van der Waals surface area contributed by atoms with Crippen LogP contribution >= 0.6 is 23.4 Å². The summed E-state index contributed by atoms with van der Waals surface area (Å²) in [5, 5.41) is 10.4. The van der Waals surface area contributed by atoms with Crippen molar-refractivity contribution in [3.63, 3.8) is 0 Å². The predicted octanol–water partition coefficient (Wildman–Crippen LogP) is 4.64. The molecular weight excluding hydrogens is 368 g/mol. The van der Waals surface area contributed by atoms with Gasteiger partial charge in [-0.2, -0.15) is 0 Å². The molecule has 1 unspecified atom stereocenters. The molecule has 1 atom stereocenters. The van der Waals surface area contributed by atoms with E-state index in [4.69, 9.17) is 16.3 Å². The van der Waals surface area contributed by atoms with Crippen LogP contribution in [0.3, 0.4) is 0 Å². The van der Waals surface area contributed by atoms with Crippen LogP contribution < -0.4 is 0 Å². The van der Waals surface area contributed by atoms with Crippen molar-refractivity contribution in [1.82, 2.24) is 19.7 Å². The molecule has 0 N–H and O–H groups in total. The number of hydrogen-bond donors (Lipinski definition) is 0. The molecule has 0 amide bonds. The van der Waals surface area contributed by atoms with Gasteiger partial charge in [0.05, 0.1) is 6.10 Å². The Morgan fingerprint density at radius 1 is 1.15 bits per heavy atom. The summed E-state index contributed by atoms with van der Waals surface area (Å²) >= 11 is 7.74. The van der Waals surface area contributed by atoms with Gasteiger partial charge in [-0.25, -0.2) is 0 Å². The van der Waals surface area contributed by atoms with Gasteiger partial charge in [-0.1, -0.05) is 23.4 Å². The van der Waals surface area contributed by atoms with E-state index in [-0.39, 0.29) is 6.10 Å². The van der Waals surface area contributed by atoms with Crippen LogP contribution in [0.2, 0.25) is 5.02 Å². The highest BCUT2D eigenvalue weighted by Crippen LogP contribution is 2.29. The fourth-order valence-electron chi connectivity index (χ4n) is 2.97. The Kier molecular flexibility index (Phi) is 5.53. The molecule has 0 saturated carbocycles. The number of halogens is 1. The van der Waals surface area contributed by atoms with E-state index in [0.717, 1.165) is 47.4 Å². The number of hydrogen-bond acceptors (Lipinski definition) is 5. The summed E-state index contributed by atoms with van der Waals surface area (Å²) in [7, 11) is 0. The van der Waals surface area contributed by atoms with Gasteiger partial charge in [-0.3, -0.25) is 9.55 Å². The van der Waals surface area contributed by atoms with Crippen LogP contribution in [0.1, 0.15) is 19.3 Å². The van der Waals surface area contributed by atoms with Crippen LogP contribution in [-0.2, 0) is 4.74 Å². The minimum atomic E-state index is 0.283. The summed E-state index contributed by atoms with van der Waals surface area (Å²) in [6, 6.07) is 11.6. The van der Waals surface area contributed by atoms with Gasteiger partial charge in [0.15, 0.2) is 11.0 Å². The molecule has 0 radical (unpaired) electrons. The van der Waals surface area contributed by atoms with Crippen molar-refractivity contribution in [2.45, 2.75) is 30.5 Å². The minimum Gasteiger partial charge on any atom is -0.377 e. The Labute approximate surface area is 161 Å². The van der Waals surface area contributed by atoms with E-state index >= 15 is 0 Å². The average molecular weight is 387 g/mol. The zero-order valence-corrected chi connectivity index (χ0v) is 15.8. The second-order valence-corrected chi connectivity index (χ2v) is 7.58. The molecule has 7 heteroatoms. The van der Waals surface area contributed by atoms with Crippen molar-refractivity contribution in [2.24, 2.45) is 0 Å². The largest absolute Gasteiger partial charge is 0.377 e. The summed E-state index contributed by atoms with van der Waals surface area (Å²) < 4.78 is 7.90. The quantitative estimate of drug-likeness (QED) is 0.597. The first-order valence-corrected chi connectivity index (χ1v) is 10.0. The fourth-order valence-corrected chi connectivity index (χ4v) is 4.12. The zero-order chi connectivity index (χ0) is 17.8. The molecule has 1 fully saturated rings. The van der Waals surface area contributed by atoms with Crippen molar-refractivity contribution >= 4 is 23.4 Å². The predicted molar refractivity (Wildman–Crippen MR) is 104 cm³/mol. The molecule has 3 aromatic rings. The van der Waals surface area contributed by atoms with Crippen molar-refractivity contribution in [3.05, 3.63) is 53.8 Å². The Morgan fingerprint density at radius 3 is 2.77 bits per heavy atom. The number of rotatable bonds is 5. The zero-order valence-electron chi connectivity index (χ0n) is 14.2. The first kappa shape index (κ1) is 17.5. The third-order valence-electron chi connectivity index (χ3n) is 4.31. The van der Waals surface area contributed by atoms with Gasteiger partial charge in [-0.15, -0.1) is 10.2 Å². The summed E-state index contributed by atoms with van der Waals surface area (Å²) in [4.78, 5) is 4.21. The topological polar surface area (TPSA) is 52.8 Å². The molecule has 1 saturated heterocycles. The highest BCUT2D eigenvalue weighted by atomic mass is 35.5. The highest BCUT2D eigenvalue weighted by Gasteiger charge is 2.19. The Balaban J connectivity index is 1.67. The number of thioether (sulfide) groups is 1. The second kappa shape index (κ2) is 8.20. The van der Waals surface area contributed by atoms with Crippen LogP contribution in [0.15, 0.2) is 53.9 Å². The standard InChI is InChI=1S/C19H19ClN4OS/c20-15-6-8-16(9-7-15)24-18(14-4-3-10-21-12-14)22-23-19(24)26-13-17-5-1-2-11-25-17/h3-4,6-10,12,17H,1-2,5,11,13H2. The molecule has 3 heterocycles. The van der Waals surface area contributed by atoms with E-state index in [1.807, 2.05) is 36.4 Å². The number of ether oxygens (including phenoxy) is 1. The van der Waals surface area contributed by atoms with Crippen LogP contribution in [0.4, 0.5) is 0 Å². The van der Waals surface area contributed by atoms with Crippen LogP contribution in [-0.4, -0.2) is 38.2 Å². The third-order valence-corrected chi connectivity index (χ3v) is 5.62. The first-order chi connectivity index (χ1) is 12.8. The monoisotopic (exact) mass is 386 g/mol. The third kappa shape index (κ3) is 3.92. The normalized spacial score (nSPS) is 17.3. The summed E-state index contributed by atoms with van der Waals surface area (Å²) in [6.45, 7) is 0.857.